The smallest absolute Gasteiger partial charge is 0.243 e. The van der Waals surface area contributed by atoms with Gasteiger partial charge in [0.15, 0.2) is 0 Å². The van der Waals surface area contributed by atoms with E-state index in [2.05, 4.69) is 21.2 Å². The van der Waals surface area contributed by atoms with Gasteiger partial charge in [0, 0.05) is 11.0 Å². The van der Waals surface area contributed by atoms with E-state index in [4.69, 9.17) is 4.74 Å². The van der Waals surface area contributed by atoms with Crippen LogP contribution in [0.2, 0.25) is 0 Å². The molecule has 2 aromatic carbocycles. The first kappa shape index (κ1) is 22.4. The first-order chi connectivity index (χ1) is 13.3. The minimum absolute atomic E-state index is 0.130. The van der Waals surface area contributed by atoms with Gasteiger partial charge in [-0.05, 0) is 55.8 Å². The molecule has 0 unspecified atom stereocenters. The average Bonchev–Trinajstić information content (AvgIpc) is 2.66. The third-order valence-corrected chi connectivity index (χ3v) is 6.60. The fourth-order valence-electron chi connectivity index (χ4n) is 2.70. The number of nitrogens with zero attached hydrogens (tertiary/aromatic N) is 1. The minimum Gasteiger partial charge on any atom is -0.494 e. The number of benzene rings is 2. The third kappa shape index (κ3) is 5.80. The van der Waals surface area contributed by atoms with Crippen molar-refractivity contribution in [3.05, 3.63) is 58.6 Å². The van der Waals surface area contributed by atoms with Crippen molar-refractivity contribution < 1.29 is 17.9 Å². The number of ether oxygens (including phenoxy) is 1. The number of sulfonamides is 1. The number of hydrogen-bond acceptors (Lipinski definition) is 4. The molecule has 1 atom stereocenters. The Bertz CT molecular complexity index is 901. The predicted octanol–water partition coefficient (Wildman–Crippen LogP) is 3.74. The van der Waals surface area contributed by atoms with Crippen LogP contribution in [-0.2, 0) is 14.8 Å². The van der Waals surface area contributed by atoms with E-state index < -0.39 is 10.0 Å². The molecule has 0 radical (unpaired) electrons. The summed E-state index contributed by atoms with van der Waals surface area (Å²) in [5.74, 6) is 0.244. The molecule has 0 heterocycles. The van der Waals surface area contributed by atoms with E-state index in [1.165, 1.54) is 12.1 Å². The molecule has 28 heavy (non-hydrogen) atoms. The first-order valence-electron chi connectivity index (χ1n) is 9.05. The van der Waals surface area contributed by atoms with Crippen molar-refractivity contribution in [3.8, 4) is 5.75 Å². The molecule has 0 saturated heterocycles. The van der Waals surface area contributed by atoms with Gasteiger partial charge < -0.3 is 10.1 Å². The highest BCUT2D eigenvalue weighted by Crippen LogP contribution is 2.20. The monoisotopic (exact) mass is 468 g/mol. The van der Waals surface area contributed by atoms with Crippen LogP contribution in [0.4, 0.5) is 0 Å². The molecule has 2 aromatic rings. The van der Waals surface area contributed by atoms with Crippen molar-refractivity contribution in [1.29, 1.82) is 0 Å². The molecular weight excluding hydrogens is 444 g/mol. The first-order valence-corrected chi connectivity index (χ1v) is 11.3. The summed E-state index contributed by atoms with van der Waals surface area (Å²) in [6, 6.07) is 13.6. The highest BCUT2D eigenvalue weighted by atomic mass is 79.9. The summed E-state index contributed by atoms with van der Waals surface area (Å²) in [5, 5.41) is 2.85. The second-order valence-corrected chi connectivity index (χ2v) is 9.03. The summed E-state index contributed by atoms with van der Waals surface area (Å²) >= 11 is 3.41. The zero-order valence-corrected chi connectivity index (χ0v) is 18.6. The number of rotatable bonds is 9. The lowest BCUT2D eigenvalue weighted by Gasteiger charge is -2.22. The minimum atomic E-state index is -3.78. The lowest BCUT2D eigenvalue weighted by Crippen LogP contribution is -2.41. The molecule has 8 heteroatoms. The van der Waals surface area contributed by atoms with Gasteiger partial charge in [-0.15, -0.1) is 0 Å². The molecule has 2 rings (SSSR count). The molecular formula is C20H25BrN2O4S. The number of halogens is 1. The number of carbonyl (C=O) groups excluding carboxylic acids is 1. The molecule has 0 saturated carbocycles. The van der Waals surface area contributed by atoms with Gasteiger partial charge in [-0.2, -0.15) is 4.31 Å². The van der Waals surface area contributed by atoms with Gasteiger partial charge in [0.2, 0.25) is 15.9 Å². The standard InChI is InChI=1S/C20H25BrN2O4S/c1-4-23(28(25,26)19-11-9-18(10-12-19)27-5-2)14-20(24)22-15(3)16-7-6-8-17(21)13-16/h6-13,15H,4-5,14H2,1-3H3,(H,22,24)/t15-/m1/s1. The normalized spacial score (nSPS) is 12.6. The van der Waals surface area contributed by atoms with Crippen molar-refractivity contribution >= 4 is 31.9 Å². The molecule has 1 N–H and O–H groups in total. The topological polar surface area (TPSA) is 75.7 Å². The molecule has 0 aliphatic rings. The van der Waals surface area contributed by atoms with Gasteiger partial charge in [0.1, 0.15) is 5.75 Å². The summed E-state index contributed by atoms with van der Waals surface area (Å²) in [6.07, 6.45) is 0. The second kappa shape index (κ2) is 10.0. The Morgan fingerprint density at radius 1 is 1.18 bits per heavy atom. The van der Waals surface area contributed by atoms with E-state index >= 15 is 0 Å². The number of carbonyl (C=O) groups is 1. The van der Waals surface area contributed by atoms with Crippen LogP contribution in [0.1, 0.15) is 32.4 Å². The molecule has 0 spiro atoms. The van der Waals surface area contributed by atoms with Crippen molar-refractivity contribution in [2.75, 3.05) is 19.7 Å². The quantitative estimate of drug-likeness (QED) is 0.607. The van der Waals surface area contributed by atoms with Crippen molar-refractivity contribution in [1.82, 2.24) is 9.62 Å². The molecule has 6 nitrogen and oxygen atoms in total. The van der Waals surface area contributed by atoms with E-state index in [0.717, 1.165) is 14.3 Å². The Morgan fingerprint density at radius 2 is 1.86 bits per heavy atom. The Labute approximate surface area is 175 Å². The van der Waals surface area contributed by atoms with E-state index in [9.17, 15) is 13.2 Å². The third-order valence-electron chi connectivity index (χ3n) is 4.17. The molecule has 0 bridgehead atoms. The summed E-state index contributed by atoms with van der Waals surface area (Å²) in [4.78, 5) is 12.6. The molecule has 152 valence electrons. The number of nitrogens with one attached hydrogen (secondary N) is 1. The van der Waals surface area contributed by atoms with Crippen LogP contribution in [0.15, 0.2) is 57.9 Å². The van der Waals surface area contributed by atoms with E-state index in [1.54, 1.807) is 19.1 Å². The largest absolute Gasteiger partial charge is 0.494 e. The van der Waals surface area contributed by atoms with Crippen LogP contribution in [0, 0.1) is 0 Å². The fourth-order valence-corrected chi connectivity index (χ4v) is 4.52. The van der Waals surface area contributed by atoms with Gasteiger partial charge in [-0.1, -0.05) is 35.0 Å². The number of hydrogen-bond donors (Lipinski definition) is 1. The zero-order chi connectivity index (χ0) is 20.7. The van der Waals surface area contributed by atoms with Crippen LogP contribution in [-0.4, -0.2) is 38.3 Å². The molecule has 0 aliphatic carbocycles. The van der Waals surface area contributed by atoms with E-state index in [-0.39, 0.29) is 29.9 Å². The van der Waals surface area contributed by atoms with Crippen LogP contribution >= 0.6 is 15.9 Å². The lowest BCUT2D eigenvalue weighted by atomic mass is 10.1. The van der Waals surface area contributed by atoms with Crippen LogP contribution in [0.25, 0.3) is 0 Å². The SMILES string of the molecule is CCOc1ccc(S(=O)(=O)N(CC)CC(=O)N[C@H](C)c2cccc(Br)c2)cc1. The molecule has 1 amide bonds. The van der Waals surface area contributed by atoms with Gasteiger partial charge in [-0.25, -0.2) is 8.42 Å². The van der Waals surface area contributed by atoms with E-state index in [1.807, 2.05) is 38.1 Å². The number of amides is 1. The van der Waals surface area contributed by atoms with Crippen LogP contribution in [0.3, 0.4) is 0 Å². The molecule has 0 aliphatic heterocycles. The maximum Gasteiger partial charge on any atom is 0.243 e. The summed E-state index contributed by atoms with van der Waals surface area (Å²) < 4.78 is 33.2. The Morgan fingerprint density at radius 3 is 2.43 bits per heavy atom. The second-order valence-electron chi connectivity index (χ2n) is 6.18. The van der Waals surface area contributed by atoms with Gasteiger partial charge in [-0.3, -0.25) is 4.79 Å². The van der Waals surface area contributed by atoms with Crippen molar-refractivity contribution in [2.24, 2.45) is 0 Å². The van der Waals surface area contributed by atoms with E-state index in [0.29, 0.717) is 12.4 Å². The van der Waals surface area contributed by atoms with Gasteiger partial charge in [0.05, 0.1) is 24.1 Å². The summed E-state index contributed by atoms with van der Waals surface area (Å²) in [7, 11) is -3.78. The zero-order valence-electron chi connectivity index (χ0n) is 16.2. The Hall–Kier alpha value is -1.90. The molecule has 0 fully saturated rings. The fraction of sp³-hybridized carbons (Fsp3) is 0.350. The van der Waals surface area contributed by atoms with Gasteiger partial charge >= 0.3 is 0 Å². The van der Waals surface area contributed by atoms with Gasteiger partial charge in [0.25, 0.3) is 0 Å². The van der Waals surface area contributed by atoms with Crippen molar-refractivity contribution in [3.63, 3.8) is 0 Å². The highest BCUT2D eigenvalue weighted by Gasteiger charge is 2.25. The lowest BCUT2D eigenvalue weighted by molar-refractivity contribution is -0.121. The Balaban J connectivity index is 2.08. The summed E-state index contributed by atoms with van der Waals surface area (Å²) in [6.45, 7) is 5.87. The van der Waals surface area contributed by atoms with Crippen LogP contribution < -0.4 is 10.1 Å². The average molecular weight is 469 g/mol. The van der Waals surface area contributed by atoms with Crippen molar-refractivity contribution in [2.45, 2.75) is 31.7 Å². The van der Waals surface area contributed by atoms with Crippen LogP contribution in [0.5, 0.6) is 5.75 Å². The maximum atomic E-state index is 12.9. The maximum absolute atomic E-state index is 12.9. The summed E-state index contributed by atoms with van der Waals surface area (Å²) in [5.41, 5.74) is 0.931. The Kier molecular flexibility index (Phi) is 8.03. The molecule has 0 aromatic heterocycles. The highest BCUT2D eigenvalue weighted by molar-refractivity contribution is 9.10. The predicted molar refractivity (Wildman–Crippen MR) is 113 cm³/mol. The number of likely N-dealkylation sites (N-methyl/N-ethyl adjacent to an activating group) is 1.